The number of hydrogen-bond acceptors (Lipinski definition) is 13. The summed E-state index contributed by atoms with van der Waals surface area (Å²) in [6, 6.07) is -5.11. The lowest BCUT2D eigenvalue weighted by atomic mass is 9.66. The standard InChI is InChI=1S/C21H36N6O9/c1-3-10(2)15(25)18(33)27(14(30)8-23)20(19(34)35,17(32)12-5-4-6-26-12)21(36,13(29)7-22)16(31)11(24)9-28/h10-12,15,26,28,36H,3-9,22-25H2,1-2H3,(H,34,35). The van der Waals surface area contributed by atoms with Crippen LogP contribution in [0.4, 0.5) is 0 Å². The Labute approximate surface area is 207 Å². The second-order valence-electron chi connectivity index (χ2n) is 8.70. The van der Waals surface area contributed by atoms with Gasteiger partial charge in [-0.2, -0.15) is 0 Å². The van der Waals surface area contributed by atoms with Crippen LogP contribution in [-0.2, 0) is 28.8 Å². The van der Waals surface area contributed by atoms with Crippen LogP contribution in [0.5, 0.6) is 0 Å². The number of hydrogen-bond donors (Lipinski definition) is 8. The second-order valence-corrected chi connectivity index (χ2v) is 8.70. The number of carbonyl (C=O) groups excluding carboxylic acids is 5. The molecule has 6 unspecified atom stereocenters. The molecule has 0 bridgehead atoms. The smallest absolute Gasteiger partial charge is 0.342 e. The maximum absolute atomic E-state index is 13.9. The van der Waals surface area contributed by atoms with E-state index in [4.69, 9.17) is 22.9 Å². The quantitative estimate of drug-likeness (QED) is 0.100. The summed E-state index contributed by atoms with van der Waals surface area (Å²) in [4.78, 5) is 79.8. The van der Waals surface area contributed by atoms with Crippen molar-refractivity contribution in [3.63, 3.8) is 0 Å². The minimum absolute atomic E-state index is 0.0166. The Morgan fingerprint density at radius 3 is 2.08 bits per heavy atom. The molecular weight excluding hydrogens is 480 g/mol. The fraction of sp³-hybridized carbons (Fsp3) is 0.714. The second kappa shape index (κ2) is 12.5. The largest absolute Gasteiger partial charge is 0.479 e. The zero-order valence-electron chi connectivity index (χ0n) is 20.3. The molecule has 0 aliphatic carbocycles. The summed E-state index contributed by atoms with van der Waals surface area (Å²) < 4.78 is 0. The molecule has 6 atom stereocenters. The number of ketones is 3. The number of aliphatic carboxylic acids is 1. The van der Waals surface area contributed by atoms with Gasteiger partial charge < -0.3 is 43.6 Å². The molecule has 0 radical (unpaired) electrons. The number of amides is 2. The van der Waals surface area contributed by atoms with Crippen LogP contribution in [0.2, 0.25) is 0 Å². The molecule has 2 amide bonds. The van der Waals surface area contributed by atoms with Crippen molar-refractivity contribution in [1.82, 2.24) is 10.2 Å². The van der Waals surface area contributed by atoms with Gasteiger partial charge in [-0.15, -0.1) is 0 Å². The molecule has 1 aliphatic heterocycles. The number of aliphatic hydroxyl groups excluding tert-OH is 1. The minimum atomic E-state index is -3.99. The zero-order valence-corrected chi connectivity index (χ0v) is 20.3. The molecule has 0 aromatic rings. The van der Waals surface area contributed by atoms with Gasteiger partial charge in [0, 0.05) is 0 Å². The number of nitrogens with one attached hydrogen (secondary N) is 1. The van der Waals surface area contributed by atoms with Gasteiger partial charge in [0.15, 0.2) is 17.3 Å². The normalized spacial score (nSPS) is 21.4. The summed E-state index contributed by atoms with van der Waals surface area (Å²) in [5, 5.41) is 34.3. The van der Waals surface area contributed by atoms with E-state index in [0.717, 1.165) is 0 Å². The maximum Gasteiger partial charge on any atom is 0.342 e. The van der Waals surface area contributed by atoms with Gasteiger partial charge in [-0.1, -0.05) is 20.3 Å². The number of aliphatic hydroxyl groups is 2. The van der Waals surface area contributed by atoms with Crippen LogP contribution in [-0.4, -0.2) is 111 Å². The average Bonchev–Trinajstić information content (AvgIpc) is 3.42. The molecule has 0 aromatic heterocycles. The van der Waals surface area contributed by atoms with Crippen molar-refractivity contribution in [1.29, 1.82) is 0 Å². The minimum Gasteiger partial charge on any atom is -0.479 e. The van der Waals surface area contributed by atoms with E-state index < -0.39 is 90.0 Å². The van der Waals surface area contributed by atoms with E-state index in [9.17, 15) is 44.1 Å². The van der Waals surface area contributed by atoms with Crippen LogP contribution in [0.15, 0.2) is 0 Å². The maximum atomic E-state index is 13.9. The summed E-state index contributed by atoms with van der Waals surface area (Å²) >= 11 is 0. The lowest BCUT2D eigenvalue weighted by Crippen LogP contribution is -2.84. The Morgan fingerprint density at radius 1 is 1.11 bits per heavy atom. The van der Waals surface area contributed by atoms with Gasteiger partial charge in [0.05, 0.1) is 37.8 Å². The number of nitrogens with two attached hydrogens (primary N) is 4. The van der Waals surface area contributed by atoms with E-state index in [0.29, 0.717) is 6.42 Å². The summed E-state index contributed by atoms with van der Waals surface area (Å²) in [6.07, 6.45) is 0.609. The molecule has 36 heavy (non-hydrogen) atoms. The number of imide groups is 1. The van der Waals surface area contributed by atoms with E-state index in [1.165, 1.54) is 6.92 Å². The molecule has 204 valence electrons. The van der Waals surface area contributed by atoms with E-state index in [1.54, 1.807) is 6.92 Å². The molecule has 1 aliphatic rings. The molecule has 15 heteroatoms. The van der Waals surface area contributed by atoms with Crippen molar-refractivity contribution in [3.8, 4) is 0 Å². The number of carboxylic acid groups (broad SMARTS) is 1. The van der Waals surface area contributed by atoms with E-state index in [1.807, 2.05) is 0 Å². The number of rotatable bonds is 14. The Balaban J connectivity index is 4.28. The first-order valence-corrected chi connectivity index (χ1v) is 11.5. The third-order valence-corrected chi connectivity index (χ3v) is 6.57. The lowest BCUT2D eigenvalue weighted by Gasteiger charge is -2.48. The van der Waals surface area contributed by atoms with E-state index in [-0.39, 0.29) is 24.3 Å². The Morgan fingerprint density at radius 2 is 1.69 bits per heavy atom. The molecule has 1 rings (SSSR count). The first kappa shape index (κ1) is 31.4. The Hall–Kier alpha value is -2.66. The van der Waals surface area contributed by atoms with Gasteiger partial charge in [0.1, 0.15) is 0 Å². The number of carboxylic acids is 1. The predicted octanol–water partition coefficient (Wildman–Crippen LogP) is -5.03. The summed E-state index contributed by atoms with van der Waals surface area (Å²) in [5.41, 5.74) is 14.5. The number of carbonyl (C=O) groups is 6. The van der Waals surface area contributed by atoms with Crippen LogP contribution in [0.25, 0.3) is 0 Å². The van der Waals surface area contributed by atoms with Gasteiger partial charge in [-0.05, 0) is 25.3 Å². The molecule has 1 heterocycles. The molecule has 1 saturated heterocycles. The van der Waals surface area contributed by atoms with Crippen molar-refractivity contribution in [3.05, 3.63) is 0 Å². The molecule has 15 nitrogen and oxygen atoms in total. The fourth-order valence-corrected chi connectivity index (χ4v) is 4.20. The summed E-state index contributed by atoms with van der Waals surface area (Å²) in [7, 11) is 0. The SMILES string of the molecule is CCC(C)C(N)C(=O)N(C(=O)CN)C(C(=O)O)(C(=O)C1CCCN1)C(O)(C(=O)CN)C(=O)C(N)CO. The first-order chi connectivity index (χ1) is 16.7. The van der Waals surface area contributed by atoms with Crippen LogP contribution >= 0.6 is 0 Å². The highest BCUT2D eigenvalue weighted by atomic mass is 16.4. The van der Waals surface area contributed by atoms with Gasteiger partial charge in [-0.25, -0.2) is 4.79 Å². The lowest BCUT2D eigenvalue weighted by molar-refractivity contribution is -0.195. The van der Waals surface area contributed by atoms with Crippen LogP contribution in [0.1, 0.15) is 33.1 Å². The van der Waals surface area contributed by atoms with Crippen LogP contribution in [0, 0.1) is 5.92 Å². The molecular formula is C21H36N6O9. The van der Waals surface area contributed by atoms with Crippen molar-refractivity contribution < 1.29 is 44.1 Å². The summed E-state index contributed by atoms with van der Waals surface area (Å²) in [6.45, 7) is -0.0898. The topological polar surface area (TPSA) is 282 Å². The average molecular weight is 517 g/mol. The van der Waals surface area contributed by atoms with Gasteiger partial charge in [0.25, 0.3) is 5.54 Å². The van der Waals surface area contributed by atoms with Crippen molar-refractivity contribution >= 4 is 35.1 Å². The fourth-order valence-electron chi connectivity index (χ4n) is 4.20. The van der Waals surface area contributed by atoms with Gasteiger partial charge in [0.2, 0.25) is 17.4 Å². The Bertz CT molecular complexity index is 893. The van der Waals surface area contributed by atoms with Gasteiger partial charge >= 0.3 is 5.97 Å². The van der Waals surface area contributed by atoms with E-state index >= 15 is 0 Å². The van der Waals surface area contributed by atoms with Crippen molar-refractivity contribution in [2.75, 3.05) is 26.2 Å². The molecule has 12 N–H and O–H groups in total. The highest BCUT2D eigenvalue weighted by Crippen LogP contribution is 2.37. The number of nitrogens with zero attached hydrogens (tertiary/aromatic N) is 1. The van der Waals surface area contributed by atoms with Gasteiger partial charge in [-0.3, -0.25) is 28.9 Å². The van der Waals surface area contributed by atoms with E-state index in [2.05, 4.69) is 5.32 Å². The Kier molecular flexibility index (Phi) is 10.9. The zero-order chi connectivity index (χ0) is 28.0. The number of Topliss-reactive ketones (excluding diaryl/α,β-unsaturated/α-hetero) is 3. The van der Waals surface area contributed by atoms with Crippen molar-refractivity contribution in [2.24, 2.45) is 28.9 Å². The highest BCUT2D eigenvalue weighted by Gasteiger charge is 2.75. The summed E-state index contributed by atoms with van der Waals surface area (Å²) in [5.74, 6) is -11.2. The molecule has 0 saturated carbocycles. The van der Waals surface area contributed by atoms with Crippen LogP contribution in [0.3, 0.4) is 0 Å². The monoisotopic (exact) mass is 516 g/mol. The highest BCUT2D eigenvalue weighted by molar-refractivity contribution is 6.29. The predicted molar refractivity (Wildman–Crippen MR) is 124 cm³/mol. The third-order valence-electron chi connectivity index (χ3n) is 6.57. The molecule has 0 aromatic carbocycles. The molecule has 0 spiro atoms. The third kappa shape index (κ3) is 5.08. The molecule has 1 fully saturated rings. The first-order valence-electron chi connectivity index (χ1n) is 11.5. The van der Waals surface area contributed by atoms with Crippen LogP contribution < -0.4 is 28.3 Å². The van der Waals surface area contributed by atoms with Crippen molar-refractivity contribution in [2.45, 2.75) is 62.4 Å².